The van der Waals surface area contributed by atoms with Gasteiger partial charge in [-0.3, -0.25) is 0 Å². The first kappa shape index (κ1) is 14.5. The van der Waals surface area contributed by atoms with Crippen molar-refractivity contribution >= 4 is 5.97 Å². The van der Waals surface area contributed by atoms with Crippen molar-refractivity contribution in [2.24, 2.45) is 0 Å². The van der Waals surface area contributed by atoms with Crippen molar-refractivity contribution < 1.29 is 19.7 Å². The molecule has 0 aromatic heterocycles. The highest BCUT2D eigenvalue weighted by Gasteiger charge is 2.19. The minimum absolute atomic E-state index is 0.0209. The summed E-state index contributed by atoms with van der Waals surface area (Å²) in [6, 6.07) is 7.23. The van der Waals surface area contributed by atoms with E-state index >= 15 is 0 Å². The van der Waals surface area contributed by atoms with Gasteiger partial charge in [-0.2, -0.15) is 0 Å². The van der Waals surface area contributed by atoms with Gasteiger partial charge in [0, 0.05) is 6.61 Å². The van der Waals surface area contributed by atoms with Gasteiger partial charge in [0.1, 0.15) is 5.75 Å². The quantitative estimate of drug-likeness (QED) is 0.744. The molecule has 1 aromatic rings. The Morgan fingerprint density at radius 2 is 2.11 bits per heavy atom. The maximum absolute atomic E-state index is 11.1. The van der Waals surface area contributed by atoms with Crippen LogP contribution >= 0.6 is 0 Å². The van der Waals surface area contributed by atoms with Crippen LogP contribution in [-0.4, -0.2) is 28.9 Å². The monoisotopic (exact) mass is 252 g/mol. The minimum Gasteiger partial charge on any atom is -0.479 e. The third kappa shape index (κ3) is 4.37. The maximum atomic E-state index is 11.1. The van der Waals surface area contributed by atoms with Crippen LogP contribution in [0, 0.1) is 0 Å². The van der Waals surface area contributed by atoms with E-state index < -0.39 is 12.1 Å². The van der Waals surface area contributed by atoms with Crippen molar-refractivity contribution in [3.63, 3.8) is 0 Å². The number of benzene rings is 1. The molecule has 0 radical (unpaired) electrons. The first-order chi connectivity index (χ1) is 8.69. The van der Waals surface area contributed by atoms with E-state index in [0.717, 1.165) is 18.4 Å². The second-order valence-electron chi connectivity index (χ2n) is 4.17. The summed E-state index contributed by atoms with van der Waals surface area (Å²) in [5.74, 6) is -0.391. The highest BCUT2D eigenvalue weighted by atomic mass is 16.5. The Morgan fingerprint density at radius 1 is 1.39 bits per heavy atom. The summed E-state index contributed by atoms with van der Waals surface area (Å²) < 4.78 is 5.55. The van der Waals surface area contributed by atoms with E-state index in [0.29, 0.717) is 18.6 Å². The SMILES string of the molecule is CCCCC(Oc1ccccc1CCO)C(=O)O. The van der Waals surface area contributed by atoms with E-state index in [4.69, 9.17) is 14.9 Å². The fourth-order valence-electron chi connectivity index (χ4n) is 1.72. The average Bonchev–Trinajstić information content (AvgIpc) is 2.36. The lowest BCUT2D eigenvalue weighted by atomic mass is 10.1. The summed E-state index contributed by atoms with van der Waals surface area (Å²) >= 11 is 0. The number of ether oxygens (including phenoxy) is 1. The molecule has 0 heterocycles. The topological polar surface area (TPSA) is 66.8 Å². The predicted octanol–water partition coefficient (Wildman–Crippen LogP) is 2.24. The fraction of sp³-hybridized carbons (Fsp3) is 0.500. The zero-order valence-corrected chi connectivity index (χ0v) is 10.6. The molecular weight excluding hydrogens is 232 g/mol. The Hall–Kier alpha value is -1.55. The van der Waals surface area contributed by atoms with E-state index in [2.05, 4.69) is 0 Å². The van der Waals surface area contributed by atoms with Crippen molar-refractivity contribution in [2.45, 2.75) is 38.7 Å². The number of unbranched alkanes of at least 4 members (excludes halogenated alkanes) is 1. The van der Waals surface area contributed by atoms with Crippen LogP contribution < -0.4 is 4.74 Å². The summed E-state index contributed by atoms with van der Waals surface area (Å²) in [7, 11) is 0. The molecule has 4 heteroatoms. The van der Waals surface area contributed by atoms with Crippen LogP contribution in [0.3, 0.4) is 0 Å². The Bertz CT molecular complexity index is 376. The molecular formula is C14H20O4. The van der Waals surface area contributed by atoms with Crippen LogP contribution in [0.25, 0.3) is 0 Å². The zero-order valence-electron chi connectivity index (χ0n) is 10.6. The zero-order chi connectivity index (χ0) is 13.4. The number of carbonyl (C=O) groups is 1. The summed E-state index contributed by atoms with van der Waals surface area (Å²) in [6.45, 7) is 2.03. The summed E-state index contributed by atoms with van der Waals surface area (Å²) in [6.07, 6.45) is 1.91. The van der Waals surface area contributed by atoms with Gasteiger partial charge in [0.15, 0.2) is 6.10 Å². The predicted molar refractivity (Wildman–Crippen MR) is 68.8 cm³/mol. The van der Waals surface area contributed by atoms with Crippen LogP contribution in [-0.2, 0) is 11.2 Å². The molecule has 0 saturated heterocycles. The summed E-state index contributed by atoms with van der Waals surface area (Å²) in [5, 5.41) is 18.1. The molecule has 100 valence electrons. The molecule has 0 saturated carbocycles. The number of hydrogen-bond donors (Lipinski definition) is 2. The van der Waals surface area contributed by atoms with E-state index in [1.807, 2.05) is 19.1 Å². The number of carboxylic acid groups (broad SMARTS) is 1. The molecule has 1 aromatic carbocycles. The smallest absolute Gasteiger partial charge is 0.344 e. The lowest BCUT2D eigenvalue weighted by Gasteiger charge is -2.17. The minimum atomic E-state index is -0.942. The molecule has 4 nitrogen and oxygen atoms in total. The first-order valence-electron chi connectivity index (χ1n) is 6.27. The van der Waals surface area contributed by atoms with Crippen molar-refractivity contribution in [1.82, 2.24) is 0 Å². The normalized spacial score (nSPS) is 12.1. The van der Waals surface area contributed by atoms with Crippen molar-refractivity contribution in [3.05, 3.63) is 29.8 Å². The molecule has 0 spiro atoms. The van der Waals surface area contributed by atoms with Gasteiger partial charge in [-0.1, -0.05) is 31.5 Å². The Kier molecular flexibility index (Phi) is 6.22. The molecule has 1 atom stereocenters. The average molecular weight is 252 g/mol. The van der Waals surface area contributed by atoms with E-state index in [-0.39, 0.29) is 6.61 Å². The van der Waals surface area contributed by atoms with E-state index in [1.165, 1.54) is 0 Å². The van der Waals surface area contributed by atoms with Gasteiger partial charge < -0.3 is 14.9 Å². The fourth-order valence-corrected chi connectivity index (χ4v) is 1.72. The van der Waals surface area contributed by atoms with E-state index in [9.17, 15) is 4.79 Å². The number of para-hydroxylation sites is 1. The number of carboxylic acids is 1. The van der Waals surface area contributed by atoms with Gasteiger partial charge in [-0.25, -0.2) is 4.79 Å². The third-order valence-corrected chi connectivity index (χ3v) is 2.72. The highest BCUT2D eigenvalue weighted by Crippen LogP contribution is 2.21. The van der Waals surface area contributed by atoms with E-state index in [1.54, 1.807) is 12.1 Å². The molecule has 1 unspecified atom stereocenters. The number of hydrogen-bond acceptors (Lipinski definition) is 3. The number of rotatable bonds is 8. The van der Waals surface area contributed by atoms with Gasteiger partial charge in [0.05, 0.1) is 0 Å². The highest BCUT2D eigenvalue weighted by molar-refractivity contribution is 5.72. The summed E-state index contributed by atoms with van der Waals surface area (Å²) in [5.41, 5.74) is 0.836. The lowest BCUT2D eigenvalue weighted by molar-refractivity contribution is -0.145. The lowest BCUT2D eigenvalue weighted by Crippen LogP contribution is -2.27. The second-order valence-corrected chi connectivity index (χ2v) is 4.17. The first-order valence-corrected chi connectivity index (χ1v) is 6.27. The molecule has 0 bridgehead atoms. The Morgan fingerprint density at radius 3 is 2.72 bits per heavy atom. The Labute approximate surface area is 107 Å². The van der Waals surface area contributed by atoms with Gasteiger partial charge in [-0.05, 0) is 30.9 Å². The number of aliphatic hydroxyl groups excluding tert-OH is 1. The van der Waals surface area contributed by atoms with Crippen molar-refractivity contribution in [2.75, 3.05) is 6.61 Å². The van der Waals surface area contributed by atoms with Gasteiger partial charge in [0.2, 0.25) is 0 Å². The Balaban J connectivity index is 2.76. The third-order valence-electron chi connectivity index (χ3n) is 2.72. The summed E-state index contributed by atoms with van der Waals surface area (Å²) in [4.78, 5) is 11.1. The van der Waals surface area contributed by atoms with Crippen molar-refractivity contribution in [3.8, 4) is 5.75 Å². The molecule has 2 N–H and O–H groups in total. The maximum Gasteiger partial charge on any atom is 0.344 e. The van der Waals surface area contributed by atoms with Crippen LogP contribution in [0.5, 0.6) is 5.75 Å². The molecule has 0 aliphatic heterocycles. The van der Waals surface area contributed by atoms with Gasteiger partial charge >= 0.3 is 5.97 Å². The molecule has 0 fully saturated rings. The molecule has 0 amide bonds. The van der Waals surface area contributed by atoms with Gasteiger partial charge in [-0.15, -0.1) is 0 Å². The molecule has 18 heavy (non-hydrogen) atoms. The standard InChI is InChI=1S/C14H20O4/c1-2-3-7-13(14(16)17)18-12-8-5-4-6-11(12)9-10-15/h4-6,8,13,15H,2-3,7,9-10H2,1H3,(H,16,17). The molecule has 1 rings (SSSR count). The van der Waals surface area contributed by atoms with Crippen LogP contribution in [0.15, 0.2) is 24.3 Å². The second kappa shape index (κ2) is 7.71. The van der Waals surface area contributed by atoms with Crippen molar-refractivity contribution in [1.29, 1.82) is 0 Å². The van der Waals surface area contributed by atoms with Crippen LogP contribution in [0.4, 0.5) is 0 Å². The number of aliphatic carboxylic acids is 1. The van der Waals surface area contributed by atoms with Crippen LogP contribution in [0.1, 0.15) is 31.7 Å². The van der Waals surface area contributed by atoms with Crippen LogP contribution in [0.2, 0.25) is 0 Å². The van der Waals surface area contributed by atoms with Gasteiger partial charge in [0.25, 0.3) is 0 Å². The number of aliphatic hydroxyl groups is 1. The largest absolute Gasteiger partial charge is 0.479 e. The molecule has 0 aliphatic rings. The molecule has 0 aliphatic carbocycles.